The maximum absolute atomic E-state index is 13.8. The molecule has 0 aromatic carbocycles. The van der Waals surface area contributed by atoms with Crippen LogP contribution in [-0.4, -0.2) is 38.0 Å². The van der Waals surface area contributed by atoms with Gasteiger partial charge >= 0.3 is 7.12 Å². The van der Waals surface area contributed by atoms with Gasteiger partial charge in [-0.15, -0.1) is 0 Å². The predicted octanol–water partition coefficient (Wildman–Crippen LogP) is 0.923. The van der Waals surface area contributed by atoms with Crippen molar-refractivity contribution in [1.29, 1.82) is 0 Å². The topological polar surface area (TPSA) is 65.5 Å². The lowest BCUT2D eigenvalue weighted by Gasteiger charge is -2.32. The molecule has 0 amide bonds. The summed E-state index contributed by atoms with van der Waals surface area (Å²) >= 11 is 0. The summed E-state index contributed by atoms with van der Waals surface area (Å²) < 4.78 is 47.9. The number of halogens is 1. The van der Waals surface area contributed by atoms with E-state index in [1.54, 1.807) is 0 Å². The van der Waals surface area contributed by atoms with Gasteiger partial charge in [0.1, 0.15) is 4.90 Å². The molecule has 0 radical (unpaired) electrons. The van der Waals surface area contributed by atoms with Crippen molar-refractivity contribution >= 4 is 22.5 Å². The number of rotatable bonds is 2. The molecule has 1 aliphatic rings. The number of pyridine rings is 1. The fraction of sp³-hybridized carbons (Fsp3) is 0.583. The summed E-state index contributed by atoms with van der Waals surface area (Å²) in [6, 6.07) is 2.58. The first kappa shape index (κ1) is 15.4. The molecule has 0 N–H and O–H groups in total. The Morgan fingerprint density at radius 2 is 1.65 bits per heavy atom. The summed E-state index contributed by atoms with van der Waals surface area (Å²) in [5.74, 6) is -1.04. The van der Waals surface area contributed by atoms with Gasteiger partial charge in [-0.25, -0.2) is 13.4 Å². The second kappa shape index (κ2) is 4.51. The molecule has 1 fully saturated rings. The van der Waals surface area contributed by atoms with Crippen LogP contribution < -0.4 is 5.59 Å². The quantitative estimate of drug-likeness (QED) is 0.600. The molecule has 2 rings (SSSR count). The molecule has 0 atom stereocenters. The maximum Gasteiger partial charge on any atom is 0.514 e. The Balaban J connectivity index is 2.36. The van der Waals surface area contributed by atoms with Crippen molar-refractivity contribution in [2.75, 3.05) is 6.26 Å². The van der Waals surface area contributed by atoms with Crippen LogP contribution in [0.15, 0.2) is 17.0 Å². The largest absolute Gasteiger partial charge is 0.514 e. The Bertz CT molecular complexity index is 629. The van der Waals surface area contributed by atoms with Crippen molar-refractivity contribution < 1.29 is 22.1 Å². The number of nitrogens with zero attached hydrogens (tertiary/aromatic N) is 1. The third kappa shape index (κ3) is 2.59. The summed E-state index contributed by atoms with van der Waals surface area (Å²) in [6.07, 6.45) is 0.932. The third-order valence-corrected chi connectivity index (χ3v) is 4.83. The van der Waals surface area contributed by atoms with Crippen LogP contribution in [0.25, 0.3) is 0 Å². The van der Waals surface area contributed by atoms with E-state index in [9.17, 15) is 12.8 Å². The predicted molar refractivity (Wildman–Crippen MR) is 73.0 cm³/mol. The lowest BCUT2D eigenvalue weighted by Crippen LogP contribution is -2.41. The van der Waals surface area contributed by atoms with Crippen LogP contribution in [0.4, 0.5) is 4.39 Å². The van der Waals surface area contributed by atoms with Gasteiger partial charge in [0.2, 0.25) is 5.95 Å². The molecule has 0 spiro atoms. The third-order valence-electron chi connectivity index (χ3n) is 3.73. The molecule has 110 valence electrons. The standard InChI is InChI=1S/C12H17BFNO4S/c1-11(2)12(3,4)19-13(18-11)9-7-6-8(10(14)15-9)20(5,16)17/h6-7H,1-5H3. The minimum Gasteiger partial charge on any atom is -0.398 e. The van der Waals surface area contributed by atoms with Gasteiger partial charge in [0.25, 0.3) is 0 Å². The normalized spacial score (nSPS) is 21.2. The minimum atomic E-state index is -3.64. The molecule has 0 unspecified atom stereocenters. The minimum absolute atomic E-state index is 0.216. The van der Waals surface area contributed by atoms with Gasteiger partial charge in [0, 0.05) is 6.26 Å². The summed E-state index contributed by atoms with van der Waals surface area (Å²) in [6.45, 7) is 7.48. The average Bonchev–Trinajstić information content (AvgIpc) is 2.46. The molecule has 0 saturated carbocycles. The molecule has 2 heterocycles. The van der Waals surface area contributed by atoms with Crippen LogP contribution in [-0.2, 0) is 19.1 Å². The number of hydrogen-bond donors (Lipinski definition) is 0. The number of sulfone groups is 1. The van der Waals surface area contributed by atoms with Crippen molar-refractivity contribution in [3.05, 3.63) is 18.1 Å². The van der Waals surface area contributed by atoms with Crippen LogP contribution >= 0.6 is 0 Å². The molecule has 8 heteroatoms. The molecule has 1 aromatic rings. The van der Waals surface area contributed by atoms with Crippen molar-refractivity contribution in [1.82, 2.24) is 4.98 Å². The van der Waals surface area contributed by atoms with E-state index in [1.807, 2.05) is 27.7 Å². The van der Waals surface area contributed by atoms with Gasteiger partial charge in [-0.1, -0.05) is 0 Å². The second-order valence-corrected chi connectivity index (χ2v) is 7.87. The van der Waals surface area contributed by atoms with Crippen LogP contribution in [0.1, 0.15) is 27.7 Å². The lowest BCUT2D eigenvalue weighted by molar-refractivity contribution is 0.00578. The van der Waals surface area contributed by atoms with E-state index in [0.29, 0.717) is 0 Å². The maximum atomic E-state index is 13.8. The number of aromatic nitrogens is 1. The van der Waals surface area contributed by atoms with Gasteiger partial charge in [-0.05, 0) is 39.8 Å². The van der Waals surface area contributed by atoms with Gasteiger partial charge in [0.05, 0.1) is 16.8 Å². The van der Waals surface area contributed by atoms with E-state index < -0.39 is 39.0 Å². The first-order valence-electron chi connectivity index (χ1n) is 6.16. The van der Waals surface area contributed by atoms with Crippen LogP contribution in [0.5, 0.6) is 0 Å². The summed E-state index contributed by atoms with van der Waals surface area (Å²) in [7, 11) is -4.46. The molecule has 20 heavy (non-hydrogen) atoms. The Morgan fingerprint density at radius 3 is 2.05 bits per heavy atom. The van der Waals surface area contributed by atoms with Crippen molar-refractivity contribution in [2.24, 2.45) is 0 Å². The monoisotopic (exact) mass is 301 g/mol. The Morgan fingerprint density at radius 1 is 1.15 bits per heavy atom. The zero-order valence-corrected chi connectivity index (χ0v) is 12.9. The highest BCUT2D eigenvalue weighted by atomic mass is 32.2. The summed E-state index contributed by atoms with van der Waals surface area (Å²) in [5.41, 5.74) is -0.912. The molecule has 0 aliphatic carbocycles. The smallest absolute Gasteiger partial charge is 0.398 e. The molecule has 1 saturated heterocycles. The first-order valence-corrected chi connectivity index (χ1v) is 8.05. The van der Waals surface area contributed by atoms with Gasteiger partial charge < -0.3 is 9.31 Å². The van der Waals surface area contributed by atoms with E-state index in [4.69, 9.17) is 9.31 Å². The molecule has 0 bridgehead atoms. The highest BCUT2D eigenvalue weighted by Gasteiger charge is 2.52. The molecule has 5 nitrogen and oxygen atoms in total. The highest BCUT2D eigenvalue weighted by molar-refractivity contribution is 7.90. The Kier molecular flexibility index (Phi) is 3.47. The molecular formula is C12H17BFNO4S. The summed E-state index contributed by atoms with van der Waals surface area (Å²) in [5, 5.41) is 0. The Hall–Kier alpha value is -0.985. The zero-order chi connectivity index (χ0) is 15.3. The first-order chi connectivity index (χ1) is 8.94. The summed E-state index contributed by atoms with van der Waals surface area (Å²) in [4.78, 5) is 3.22. The lowest BCUT2D eigenvalue weighted by atomic mass is 9.84. The number of hydrogen-bond acceptors (Lipinski definition) is 5. The van der Waals surface area contributed by atoms with Crippen LogP contribution in [0.2, 0.25) is 0 Å². The van der Waals surface area contributed by atoms with E-state index in [2.05, 4.69) is 4.98 Å². The van der Waals surface area contributed by atoms with E-state index in [0.717, 1.165) is 6.26 Å². The molecule has 1 aliphatic heterocycles. The Labute approximate surface area is 118 Å². The highest BCUT2D eigenvalue weighted by Crippen LogP contribution is 2.36. The molecule has 1 aromatic heterocycles. The SMILES string of the molecule is CC1(C)OB(c2ccc(S(C)(=O)=O)c(F)n2)OC1(C)C. The van der Waals surface area contributed by atoms with Crippen molar-refractivity contribution in [3.8, 4) is 0 Å². The fourth-order valence-corrected chi connectivity index (χ4v) is 2.47. The van der Waals surface area contributed by atoms with Crippen molar-refractivity contribution in [3.63, 3.8) is 0 Å². The average molecular weight is 301 g/mol. The van der Waals surface area contributed by atoms with E-state index in [-0.39, 0.29) is 5.59 Å². The zero-order valence-electron chi connectivity index (χ0n) is 12.1. The van der Waals surface area contributed by atoms with Crippen molar-refractivity contribution in [2.45, 2.75) is 43.8 Å². The van der Waals surface area contributed by atoms with Gasteiger partial charge in [0.15, 0.2) is 9.84 Å². The fourth-order valence-electron chi connectivity index (χ4n) is 1.81. The van der Waals surface area contributed by atoms with E-state index in [1.165, 1.54) is 12.1 Å². The van der Waals surface area contributed by atoms with Crippen LogP contribution in [0, 0.1) is 5.95 Å². The second-order valence-electron chi connectivity index (χ2n) is 5.89. The van der Waals surface area contributed by atoms with Gasteiger partial charge in [-0.3, -0.25) is 0 Å². The van der Waals surface area contributed by atoms with Gasteiger partial charge in [-0.2, -0.15) is 4.39 Å². The van der Waals surface area contributed by atoms with E-state index >= 15 is 0 Å². The molecular weight excluding hydrogens is 284 g/mol. The van der Waals surface area contributed by atoms with Crippen LogP contribution in [0.3, 0.4) is 0 Å².